The highest BCUT2D eigenvalue weighted by Gasteiger charge is 2.58. The Morgan fingerprint density at radius 3 is 2.52 bits per heavy atom. The second kappa shape index (κ2) is 14.4. The van der Waals surface area contributed by atoms with E-state index in [2.05, 4.69) is 68.0 Å². The summed E-state index contributed by atoms with van der Waals surface area (Å²) in [6.07, 6.45) is -0.636. The third kappa shape index (κ3) is 6.29. The van der Waals surface area contributed by atoms with Gasteiger partial charge in [-0.2, -0.15) is 9.97 Å². The number of aromatic nitrogens is 3. The summed E-state index contributed by atoms with van der Waals surface area (Å²) in [6, 6.07) is 2.62. The average Bonchev–Trinajstić information content (AvgIpc) is 3.50. The minimum atomic E-state index is -2.51. The number of halogens is 5. The predicted octanol–water partition coefficient (Wildman–Crippen LogP) is 8.68. The van der Waals surface area contributed by atoms with E-state index in [0.29, 0.717) is 32.4 Å². The van der Waals surface area contributed by atoms with Gasteiger partial charge < -0.3 is 20.1 Å². The maximum atomic E-state index is 17.5. The molecule has 0 spiro atoms. The summed E-state index contributed by atoms with van der Waals surface area (Å²) in [5.74, 6) is -0.190. The third-order valence-electron chi connectivity index (χ3n) is 12.6. The number of rotatable bonds is 8. The molecule has 5 atom stereocenters. The van der Waals surface area contributed by atoms with Crippen LogP contribution in [0.25, 0.3) is 32.9 Å². The zero-order chi connectivity index (χ0) is 41.6. The lowest BCUT2D eigenvalue weighted by molar-refractivity contribution is 0.105. The van der Waals surface area contributed by atoms with Crippen LogP contribution in [0.4, 0.5) is 33.5 Å². The highest BCUT2D eigenvalue weighted by Crippen LogP contribution is 2.45. The Morgan fingerprint density at radius 2 is 1.79 bits per heavy atom. The first-order chi connectivity index (χ1) is 27.4. The maximum Gasteiger partial charge on any atom is 0.319 e. The van der Waals surface area contributed by atoms with E-state index in [-0.39, 0.29) is 86.1 Å². The lowest BCUT2D eigenvalue weighted by Gasteiger charge is -2.38. The number of nitrogens with zero attached hydrogens (tertiary/aromatic N) is 5. The van der Waals surface area contributed by atoms with Crippen LogP contribution in [0.3, 0.4) is 0 Å². The molecule has 298 valence electrons. The Balaban J connectivity index is 1.34. The molecule has 8 nitrogen and oxygen atoms in total. The monoisotopic (exact) mass is 794 g/mol. The number of pyridine rings is 1. The molecular formula is C42H49F5N6O2Si. The SMILES string of the molecule is [2H]C([2H])(Oc1nc(N2CCCO[C@@H]3[C@H](F)[C@@H]32)c2cnc(-c3cc(N)cc4cc(F)c(F)c(C#C[Si](C(C)C)(C(C)C)C(C)C)c34)c(F)c2n1)[C@@]12CCCN1C[C@H](F)C2. The molecule has 5 heterocycles. The van der Waals surface area contributed by atoms with E-state index in [9.17, 15) is 4.39 Å². The number of anilines is 2. The van der Waals surface area contributed by atoms with E-state index < -0.39 is 68.1 Å². The fourth-order valence-corrected chi connectivity index (χ4v) is 15.1. The Hall–Kier alpha value is -4.06. The van der Waals surface area contributed by atoms with Crippen molar-refractivity contribution in [3.8, 4) is 28.7 Å². The molecule has 56 heavy (non-hydrogen) atoms. The normalized spacial score (nSPS) is 26.0. The van der Waals surface area contributed by atoms with Crippen molar-refractivity contribution in [2.75, 3.05) is 43.4 Å². The largest absolute Gasteiger partial charge is 0.461 e. The molecule has 4 fully saturated rings. The van der Waals surface area contributed by atoms with Crippen LogP contribution in [0.2, 0.25) is 16.6 Å². The van der Waals surface area contributed by atoms with Crippen molar-refractivity contribution in [2.45, 2.75) is 114 Å². The molecule has 2 aromatic carbocycles. The van der Waals surface area contributed by atoms with Crippen LogP contribution in [0.5, 0.6) is 6.01 Å². The van der Waals surface area contributed by atoms with Gasteiger partial charge in [0.1, 0.15) is 43.9 Å². The molecule has 0 unspecified atom stereocenters. The summed E-state index contributed by atoms with van der Waals surface area (Å²) in [5.41, 5.74) is 8.35. The molecule has 0 amide bonds. The van der Waals surface area contributed by atoms with E-state index in [0.717, 1.165) is 6.07 Å². The number of ether oxygens (including phenoxy) is 2. The number of nitrogen functional groups attached to an aromatic ring is 1. The lowest BCUT2D eigenvalue weighted by atomic mass is 9.95. The lowest BCUT2D eigenvalue weighted by Crippen LogP contribution is -2.43. The maximum absolute atomic E-state index is 17.5. The Kier molecular flexibility index (Phi) is 9.33. The standard InChI is InChI=1S/C42H49F5N6O2Si/c1-22(2)56(23(3)4,24(5)6)14-9-28-32-25(16-31(44)33(28)45)15-27(48)17-29(32)36-34(46)37-30(19-49-36)40(53-12-8-13-54-39-35(47)38(39)53)51-41(50-37)55-21-42-10-7-11-52(42)20-26(43)18-42/h15-17,19,22-24,26,35,38-39H,7-8,10-13,18,20-21,48H2,1-6H3/t26-,35-,38+,39-,42+/m1/s1/i21D2. The Bertz CT molecular complexity index is 2340. The zero-order valence-corrected chi connectivity index (χ0v) is 33.5. The van der Waals surface area contributed by atoms with E-state index in [4.69, 9.17) is 17.9 Å². The second-order valence-corrected chi connectivity index (χ2v) is 22.4. The van der Waals surface area contributed by atoms with Crippen LogP contribution < -0.4 is 15.4 Å². The number of benzene rings is 2. The van der Waals surface area contributed by atoms with Gasteiger partial charge in [0.05, 0.1) is 25.3 Å². The molecule has 14 heteroatoms. The van der Waals surface area contributed by atoms with Gasteiger partial charge in [-0.05, 0) is 66.0 Å². The van der Waals surface area contributed by atoms with Gasteiger partial charge in [-0.3, -0.25) is 9.88 Å². The highest BCUT2D eigenvalue weighted by atomic mass is 28.3. The van der Waals surface area contributed by atoms with Gasteiger partial charge in [0, 0.05) is 49.0 Å². The summed E-state index contributed by atoms with van der Waals surface area (Å²) in [7, 11) is -2.47. The molecule has 2 aromatic heterocycles. The van der Waals surface area contributed by atoms with Crippen molar-refractivity contribution in [1.29, 1.82) is 0 Å². The van der Waals surface area contributed by atoms with Gasteiger partial charge >= 0.3 is 6.01 Å². The predicted molar refractivity (Wildman–Crippen MR) is 211 cm³/mol. The molecule has 3 saturated heterocycles. The van der Waals surface area contributed by atoms with Crippen molar-refractivity contribution in [3.63, 3.8) is 0 Å². The fraction of sp³-hybridized carbons (Fsp3) is 0.548. The van der Waals surface area contributed by atoms with Gasteiger partial charge in [0.2, 0.25) is 0 Å². The van der Waals surface area contributed by atoms with Gasteiger partial charge in [-0.1, -0.05) is 47.5 Å². The smallest absolute Gasteiger partial charge is 0.319 e. The highest BCUT2D eigenvalue weighted by molar-refractivity contribution is 6.90. The van der Waals surface area contributed by atoms with Crippen LogP contribution in [-0.4, -0.2) is 90.8 Å². The quantitative estimate of drug-likeness (QED) is 0.0821. The summed E-state index contributed by atoms with van der Waals surface area (Å²) < 4.78 is 109. The minimum absolute atomic E-state index is 0.0381. The summed E-state index contributed by atoms with van der Waals surface area (Å²) >= 11 is 0. The van der Waals surface area contributed by atoms with Crippen LogP contribution in [-0.2, 0) is 4.74 Å². The van der Waals surface area contributed by atoms with Crippen molar-refractivity contribution in [3.05, 3.63) is 47.4 Å². The first-order valence-electron chi connectivity index (χ1n) is 20.6. The topological polar surface area (TPSA) is 89.6 Å². The number of hydrogen-bond acceptors (Lipinski definition) is 8. The summed E-state index contributed by atoms with van der Waals surface area (Å²) in [6.45, 7) is 11.2. The van der Waals surface area contributed by atoms with Crippen LogP contribution in [0.15, 0.2) is 24.4 Å². The molecule has 0 radical (unpaired) electrons. The Labute approximate surface area is 328 Å². The number of nitrogens with two attached hydrogens (primary N) is 1. The van der Waals surface area contributed by atoms with Crippen LogP contribution in [0.1, 0.15) is 75.5 Å². The molecule has 2 N–H and O–H groups in total. The molecule has 8 rings (SSSR count). The van der Waals surface area contributed by atoms with Gasteiger partial charge in [-0.25, -0.2) is 22.0 Å². The van der Waals surface area contributed by atoms with E-state index in [1.165, 1.54) is 18.3 Å². The first kappa shape index (κ1) is 36.3. The zero-order valence-electron chi connectivity index (χ0n) is 34.5. The van der Waals surface area contributed by atoms with E-state index in [1.807, 2.05) is 0 Å². The molecular weight excluding hydrogens is 744 g/mol. The third-order valence-corrected chi connectivity index (χ3v) is 18.9. The summed E-state index contributed by atoms with van der Waals surface area (Å²) in [5, 5.41) is 0.388. The fourth-order valence-electron chi connectivity index (χ4n) is 9.92. The minimum Gasteiger partial charge on any atom is -0.461 e. The van der Waals surface area contributed by atoms with E-state index >= 15 is 17.6 Å². The molecule has 4 aromatic rings. The van der Waals surface area contributed by atoms with Crippen LogP contribution in [0, 0.1) is 28.9 Å². The Morgan fingerprint density at radius 1 is 1.04 bits per heavy atom. The van der Waals surface area contributed by atoms with Gasteiger partial charge in [0.25, 0.3) is 0 Å². The van der Waals surface area contributed by atoms with Crippen molar-refractivity contribution in [1.82, 2.24) is 19.9 Å². The van der Waals surface area contributed by atoms with E-state index in [1.54, 1.807) is 9.80 Å². The molecule has 4 aliphatic rings. The number of hydrogen-bond donors (Lipinski definition) is 1. The second-order valence-electron chi connectivity index (χ2n) is 16.8. The first-order valence-corrected chi connectivity index (χ1v) is 21.9. The van der Waals surface area contributed by atoms with Gasteiger partial charge in [-0.15, -0.1) is 5.54 Å². The number of fused-ring (bicyclic) bond motifs is 4. The summed E-state index contributed by atoms with van der Waals surface area (Å²) in [4.78, 5) is 16.9. The molecule has 3 aliphatic heterocycles. The number of alkyl halides is 2. The van der Waals surface area contributed by atoms with Crippen molar-refractivity contribution < 1.29 is 34.2 Å². The average molecular weight is 795 g/mol. The molecule has 1 saturated carbocycles. The molecule has 1 aliphatic carbocycles. The van der Waals surface area contributed by atoms with Gasteiger partial charge in [0.15, 0.2) is 23.6 Å². The van der Waals surface area contributed by atoms with Crippen LogP contribution >= 0.6 is 0 Å². The van der Waals surface area contributed by atoms with Crippen molar-refractivity contribution >= 4 is 41.3 Å². The molecule has 0 bridgehead atoms. The van der Waals surface area contributed by atoms with Crippen molar-refractivity contribution in [2.24, 2.45) is 0 Å².